The lowest BCUT2D eigenvalue weighted by Gasteiger charge is -2.18. The van der Waals surface area contributed by atoms with Crippen LogP contribution in [0.5, 0.6) is 0 Å². The van der Waals surface area contributed by atoms with E-state index in [9.17, 15) is 0 Å². The van der Waals surface area contributed by atoms with E-state index < -0.39 is 0 Å². The second-order valence-corrected chi connectivity index (χ2v) is 7.16. The van der Waals surface area contributed by atoms with Gasteiger partial charge in [0.15, 0.2) is 0 Å². The molecule has 0 radical (unpaired) electrons. The van der Waals surface area contributed by atoms with Crippen molar-refractivity contribution in [3.8, 4) is 23.6 Å². The van der Waals surface area contributed by atoms with Gasteiger partial charge in [-0.3, -0.25) is 0 Å². The molecule has 1 aromatic heterocycles. The third-order valence-corrected chi connectivity index (χ3v) is 3.93. The molecule has 2 rings (SSSR count). The summed E-state index contributed by atoms with van der Waals surface area (Å²) in [6, 6.07) is 5.61. The van der Waals surface area contributed by atoms with Crippen LogP contribution in [0.25, 0.3) is 11.3 Å². The molecule has 0 aliphatic carbocycles. The van der Waals surface area contributed by atoms with E-state index in [-0.39, 0.29) is 5.41 Å². The molecule has 0 aliphatic heterocycles. The third kappa shape index (κ3) is 3.09. The summed E-state index contributed by atoms with van der Waals surface area (Å²) >= 11 is 9.74. The Bertz CT molecular complexity index is 720. The number of anilines is 1. The summed E-state index contributed by atoms with van der Waals surface area (Å²) in [5.41, 5.74) is 7.57. The topological polar surface area (TPSA) is 43.8 Å². The number of halogens is 2. The van der Waals surface area contributed by atoms with Gasteiger partial charge in [-0.2, -0.15) is 0 Å². The predicted molar refractivity (Wildman–Crippen MR) is 92.3 cm³/mol. The standard InChI is InChI=1S/C16H17BrClN3/c1-5-8-21-14(19)13(20-15(21)16(2,3)4)11-9-10(17)6-7-12(11)18/h1,6-7,9H,8,19H2,2-4H3. The van der Waals surface area contributed by atoms with Gasteiger partial charge >= 0.3 is 0 Å². The van der Waals surface area contributed by atoms with Crippen LogP contribution in [0.2, 0.25) is 5.02 Å². The van der Waals surface area contributed by atoms with Gasteiger partial charge in [0.05, 0.1) is 11.6 Å². The highest BCUT2D eigenvalue weighted by molar-refractivity contribution is 9.10. The van der Waals surface area contributed by atoms with Gasteiger partial charge in [-0.05, 0) is 18.2 Å². The Labute approximate surface area is 138 Å². The molecule has 0 amide bonds. The average molecular weight is 367 g/mol. The van der Waals surface area contributed by atoms with Gasteiger partial charge in [0.2, 0.25) is 0 Å². The summed E-state index contributed by atoms with van der Waals surface area (Å²) < 4.78 is 2.79. The second-order valence-electron chi connectivity index (χ2n) is 5.83. The van der Waals surface area contributed by atoms with Gasteiger partial charge in [-0.25, -0.2) is 4.98 Å². The first kappa shape index (κ1) is 15.9. The Hall–Kier alpha value is -1.44. The minimum absolute atomic E-state index is 0.165. The molecule has 3 nitrogen and oxygen atoms in total. The monoisotopic (exact) mass is 365 g/mol. The van der Waals surface area contributed by atoms with Gasteiger partial charge in [0.25, 0.3) is 0 Å². The summed E-state index contributed by atoms with van der Waals surface area (Å²) in [4.78, 5) is 4.71. The van der Waals surface area contributed by atoms with Crippen LogP contribution in [-0.4, -0.2) is 9.55 Å². The van der Waals surface area contributed by atoms with E-state index in [1.54, 1.807) is 0 Å². The maximum Gasteiger partial charge on any atom is 0.132 e. The summed E-state index contributed by atoms with van der Waals surface area (Å²) in [7, 11) is 0. The van der Waals surface area contributed by atoms with Crippen molar-refractivity contribution in [1.82, 2.24) is 9.55 Å². The first-order valence-electron chi connectivity index (χ1n) is 6.51. The molecule has 5 heteroatoms. The van der Waals surface area contributed by atoms with Gasteiger partial charge in [-0.15, -0.1) is 6.42 Å². The molecule has 0 saturated heterocycles. The lowest BCUT2D eigenvalue weighted by Crippen LogP contribution is -2.19. The average Bonchev–Trinajstić information content (AvgIpc) is 2.71. The number of imidazole rings is 1. The highest BCUT2D eigenvalue weighted by Gasteiger charge is 2.25. The van der Waals surface area contributed by atoms with Crippen molar-refractivity contribution in [3.63, 3.8) is 0 Å². The van der Waals surface area contributed by atoms with Crippen molar-refractivity contribution < 1.29 is 0 Å². The molecule has 0 atom stereocenters. The Morgan fingerprint density at radius 2 is 2.10 bits per heavy atom. The number of rotatable bonds is 2. The summed E-state index contributed by atoms with van der Waals surface area (Å²) in [5.74, 6) is 4.02. The van der Waals surface area contributed by atoms with E-state index in [2.05, 4.69) is 42.6 Å². The Morgan fingerprint density at radius 3 is 2.67 bits per heavy atom. The molecule has 1 heterocycles. The molecule has 2 N–H and O–H groups in total. The zero-order valence-corrected chi connectivity index (χ0v) is 14.6. The van der Waals surface area contributed by atoms with Crippen molar-refractivity contribution in [1.29, 1.82) is 0 Å². The number of nitrogens with zero attached hydrogens (tertiary/aromatic N) is 2. The molecule has 0 aliphatic rings. The van der Waals surface area contributed by atoms with Crippen molar-refractivity contribution in [2.75, 3.05) is 5.73 Å². The lowest BCUT2D eigenvalue weighted by atomic mass is 9.95. The largest absolute Gasteiger partial charge is 0.383 e. The molecule has 1 aromatic carbocycles. The van der Waals surface area contributed by atoms with Gasteiger partial charge in [-0.1, -0.05) is 54.2 Å². The van der Waals surface area contributed by atoms with Crippen LogP contribution in [0.3, 0.4) is 0 Å². The fourth-order valence-corrected chi connectivity index (χ4v) is 2.73. The highest BCUT2D eigenvalue weighted by atomic mass is 79.9. The van der Waals surface area contributed by atoms with Crippen molar-refractivity contribution in [2.45, 2.75) is 32.7 Å². The number of terminal acetylenes is 1. The fraction of sp³-hybridized carbons (Fsp3) is 0.312. The van der Waals surface area contributed by atoms with Gasteiger partial charge < -0.3 is 10.3 Å². The van der Waals surface area contributed by atoms with E-state index >= 15 is 0 Å². The second kappa shape index (κ2) is 5.75. The normalized spacial score (nSPS) is 11.4. The van der Waals surface area contributed by atoms with Crippen LogP contribution in [0.4, 0.5) is 5.82 Å². The van der Waals surface area contributed by atoms with Crippen LogP contribution in [0, 0.1) is 12.3 Å². The summed E-state index contributed by atoms with van der Waals surface area (Å²) in [6.45, 7) is 6.62. The molecule has 21 heavy (non-hydrogen) atoms. The number of hydrogen-bond acceptors (Lipinski definition) is 2. The smallest absolute Gasteiger partial charge is 0.132 e. The molecule has 110 valence electrons. The molecule has 0 spiro atoms. The first-order valence-corrected chi connectivity index (χ1v) is 7.68. The number of nitrogen functional groups attached to an aromatic ring is 1. The fourth-order valence-electron chi connectivity index (χ4n) is 2.17. The van der Waals surface area contributed by atoms with E-state index in [0.717, 1.165) is 15.9 Å². The molecular formula is C16H17BrClN3. The van der Waals surface area contributed by atoms with E-state index in [1.165, 1.54) is 0 Å². The number of aromatic nitrogens is 2. The summed E-state index contributed by atoms with van der Waals surface area (Å²) in [5, 5.41) is 0.607. The maximum atomic E-state index is 6.29. The van der Waals surface area contributed by atoms with Crippen LogP contribution in [0.1, 0.15) is 26.6 Å². The Morgan fingerprint density at radius 1 is 1.43 bits per heavy atom. The van der Waals surface area contributed by atoms with E-state index in [1.807, 2.05) is 22.8 Å². The van der Waals surface area contributed by atoms with E-state index in [0.29, 0.717) is 23.1 Å². The van der Waals surface area contributed by atoms with E-state index in [4.69, 9.17) is 28.7 Å². The molecule has 0 bridgehead atoms. The summed E-state index contributed by atoms with van der Waals surface area (Å²) in [6.07, 6.45) is 5.46. The Balaban J connectivity index is 2.71. The van der Waals surface area contributed by atoms with Crippen LogP contribution in [0.15, 0.2) is 22.7 Å². The van der Waals surface area contributed by atoms with Crippen molar-refractivity contribution in [3.05, 3.63) is 33.5 Å². The quantitative estimate of drug-likeness (QED) is 0.796. The number of nitrogens with two attached hydrogens (primary N) is 1. The molecule has 0 fully saturated rings. The SMILES string of the molecule is C#CCn1c(C(C)(C)C)nc(-c2cc(Br)ccc2Cl)c1N. The van der Waals surface area contributed by atoms with Crippen LogP contribution < -0.4 is 5.73 Å². The molecule has 0 saturated carbocycles. The third-order valence-electron chi connectivity index (χ3n) is 3.11. The number of benzene rings is 1. The minimum atomic E-state index is -0.165. The van der Waals surface area contributed by atoms with Crippen molar-refractivity contribution in [2.24, 2.45) is 0 Å². The first-order chi connectivity index (χ1) is 9.75. The number of hydrogen-bond donors (Lipinski definition) is 1. The van der Waals surface area contributed by atoms with Gasteiger partial charge in [0, 0.05) is 15.5 Å². The Kier molecular flexibility index (Phi) is 4.36. The van der Waals surface area contributed by atoms with Gasteiger partial charge in [0.1, 0.15) is 17.3 Å². The molecule has 0 unspecified atom stereocenters. The predicted octanol–water partition coefficient (Wildman–Crippen LogP) is 4.48. The highest BCUT2D eigenvalue weighted by Crippen LogP contribution is 2.36. The minimum Gasteiger partial charge on any atom is -0.383 e. The zero-order valence-electron chi connectivity index (χ0n) is 12.2. The molecular weight excluding hydrogens is 350 g/mol. The van der Waals surface area contributed by atoms with Crippen molar-refractivity contribution >= 4 is 33.3 Å². The zero-order chi connectivity index (χ0) is 15.8. The molecule has 2 aromatic rings. The van der Waals surface area contributed by atoms with Crippen LogP contribution >= 0.6 is 27.5 Å². The lowest BCUT2D eigenvalue weighted by molar-refractivity contribution is 0.517. The maximum absolute atomic E-state index is 6.29. The van der Waals surface area contributed by atoms with Crippen LogP contribution in [-0.2, 0) is 12.0 Å².